The van der Waals surface area contributed by atoms with E-state index in [1.165, 1.54) is 16.5 Å². The van der Waals surface area contributed by atoms with Gasteiger partial charge in [-0.05, 0) is 43.2 Å². The van der Waals surface area contributed by atoms with Crippen LogP contribution in [0, 0.1) is 5.92 Å². The highest BCUT2D eigenvalue weighted by Crippen LogP contribution is 2.19. The van der Waals surface area contributed by atoms with E-state index in [-0.39, 0.29) is 5.91 Å². The second-order valence-electron chi connectivity index (χ2n) is 6.10. The molecule has 2 aromatic rings. The van der Waals surface area contributed by atoms with Crippen LogP contribution < -0.4 is 5.32 Å². The van der Waals surface area contributed by atoms with E-state index in [0.29, 0.717) is 12.3 Å². The standard InChI is InChI=1S/C18H24N2O2/c21-18(20-11-14-5-4-10-22-13-14)9-3-6-15-12-19-17-8-2-1-7-16(15)17/h1-2,7-8,12,14,19H,3-6,9-11,13H2,(H,20,21). The number of aryl methyl sites for hydroxylation is 1. The predicted molar refractivity (Wildman–Crippen MR) is 87.8 cm³/mol. The molecule has 1 aromatic heterocycles. The summed E-state index contributed by atoms with van der Waals surface area (Å²) >= 11 is 0. The van der Waals surface area contributed by atoms with Crippen molar-refractivity contribution < 1.29 is 9.53 Å². The van der Waals surface area contributed by atoms with E-state index >= 15 is 0 Å². The minimum atomic E-state index is 0.158. The number of ether oxygens (including phenoxy) is 1. The summed E-state index contributed by atoms with van der Waals surface area (Å²) in [5.74, 6) is 0.650. The highest BCUT2D eigenvalue weighted by molar-refractivity contribution is 5.83. The molecular weight excluding hydrogens is 276 g/mol. The normalized spacial score (nSPS) is 18.5. The Hall–Kier alpha value is -1.81. The minimum Gasteiger partial charge on any atom is -0.381 e. The fraction of sp³-hybridized carbons (Fsp3) is 0.500. The van der Waals surface area contributed by atoms with Crippen molar-refractivity contribution in [1.82, 2.24) is 10.3 Å². The lowest BCUT2D eigenvalue weighted by Crippen LogP contribution is -2.33. The number of nitrogens with one attached hydrogen (secondary N) is 2. The largest absolute Gasteiger partial charge is 0.381 e. The Kier molecular flexibility index (Phi) is 5.11. The van der Waals surface area contributed by atoms with Crippen molar-refractivity contribution >= 4 is 16.8 Å². The maximum atomic E-state index is 11.9. The zero-order valence-corrected chi connectivity index (χ0v) is 12.9. The lowest BCUT2D eigenvalue weighted by atomic mass is 10.0. The molecule has 2 heterocycles. The predicted octanol–water partition coefficient (Wildman–Crippen LogP) is 3.03. The first-order valence-corrected chi connectivity index (χ1v) is 8.22. The quantitative estimate of drug-likeness (QED) is 0.861. The van der Waals surface area contributed by atoms with Gasteiger partial charge < -0.3 is 15.0 Å². The van der Waals surface area contributed by atoms with Crippen LogP contribution in [0.15, 0.2) is 30.5 Å². The van der Waals surface area contributed by atoms with E-state index in [1.807, 2.05) is 6.07 Å². The molecule has 0 spiro atoms. The summed E-state index contributed by atoms with van der Waals surface area (Å²) in [6, 6.07) is 8.30. The summed E-state index contributed by atoms with van der Waals surface area (Å²) < 4.78 is 5.43. The molecule has 0 aliphatic carbocycles. The molecule has 0 saturated carbocycles. The highest BCUT2D eigenvalue weighted by Gasteiger charge is 2.14. The molecule has 1 unspecified atom stereocenters. The van der Waals surface area contributed by atoms with Gasteiger partial charge in [-0.3, -0.25) is 4.79 Å². The Labute approximate surface area is 131 Å². The molecule has 2 N–H and O–H groups in total. The van der Waals surface area contributed by atoms with Crippen LogP contribution in [0.25, 0.3) is 10.9 Å². The monoisotopic (exact) mass is 300 g/mol. The molecule has 1 aliphatic rings. The summed E-state index contributed by atoms with van der Waals surface area (Å²) in [6.07, 6.45) is 6.74. The van der Waals surface area contributed by atoms with Gasteiger partial charge in [0.05, 0.1) is 6.61 Å². The minimum absolute atomic E-state index is 0.158. The number of carbonyl (C=O) groups is 1. The van der Waals surface area contributed by atoms with Crippen molar-refractivity contribution in [3.05, 3.63) is 36.0 Å². The van der Waals surface area contributed by atoms with Crippen molar-refractivity contribution in [1.29, 1.82) is 0 Å². The van der Waals surface area contributed by atoms with Crippen molar-refractivity contribution in [2.45, 2.75) is 32.1 Å². The van der Waals surface area contributed by atoms with Gasteiger partial charge in [0.2, 0.25) is 5.91 Å². The lowest BCUT2D eigenvalue weighted by molar-refractivity contribution is -0.121. The van der Waals surface area contributed by atoms with Crippen molar-refractivity contribution in [3.8, 4) is 0 Å². The zero-order valence-electron chi connectivity index (χ0n) is 12.9. The van der Waals surface area contributed by atoms with Crippen LogP contribution in [0.5, 0.6) is 0 Å². The molecule has 118 valence electrons. The van der Waals surface area contributed by atoms with Crippen molar-refractivity contribution in [2.24, 2.45) is 5.92 Å². The van der Waals surface area contributed by atoms with E-state index < -0.39 is 0 Å². The Bertz CT molecular complexity index is 614. The van der Waals surface area contributed by atoms with Crippen molar-refractivity contribution in [2.75, 3.05) is 19.8 Å². The van der Waals surface area contributed by atoms with Gasteiger partial charge in [-0.25, -0.2) is 0 Å². The number of rotatable bonds is 6. The fourth-order valence-electron chi connectivity index (χ4n) is 3.09. The topological polar surface area (TPSA) is 54.1 Å². The SMILES string of the molecule is O=C(CCCc1c[nH]c2ccccc12)NCC1CCCOC1. The lowest BCUT2D eigenvalue weighted by Gasteiger charge is -2.22. The van der Waals surface area contributed by atoms with E-state index in [2.05, 4.69) is 34.7 Å². The summed E-state index contributed by atoms with van der Waals surface area (Å²) in [5.41, 5.74) is 2.46. The number of amides is 1. The van der Waals surface area contributed by atoms with Crippen LogP contribution in [-0.4, -0.2) is 30.6 Å². The first-order valence-electron chi connectivity index (χ1n) is 8.22. The molecule has 22 heavy (non-hydrogen) atoms. The Morgan fingerprint density at radius 1 is 1.36 bits per heavy atom. The zero-order chi connectivity index (χ0) is 15.2. The van der Waals surface area contributed by atoms with Gasteiger partial charge in [-0.2, -0.15) is 0 Å². The fourth-order valence-corrected chi connectivity index (χ4v) is 3.09. The van der Waals surface area contributed by atoms with Crippen LogP contribution in [0.4, 0.5) is 0 Å². The van der Waals surface area contributed by atoms with E-state index in [1.54, 1.807) is 0 Å². The molecule has 1 amide bonds. The van der Waals surface area contributed by atoms with Gasteiger partial charge >= 0.3 is 0 Å². The van der Waals surface area contributed by atoms with Gasteiger partial charge in [-0.15, -0.1) is 0 Å². The number of aromatic nitrogens is 1. The average Bonchev–Trinajstić information content (AvgIpc) is 2.97. The summed E-state index contributed by atoms with van der Waals surface area (Å²) in [6.45, 7) is 2.41. The number of aromatic amines is 1. The Morgan fingerprint density at radius 2 is 2.27 bits per heavy atom. The second kappa shape index (κ2) is 7.45. The van der Waals surface area contributed by atoms with Crippen LogP contribution >= 0.6 is 0 Å². The van der Waals surface area contributed by atoms with Gasteiger partial charge in [0.15, 0.2) is 0 Å². The smallest absolute Gasteiger partial charge is 0.220 e. The third kappa shape index (κ3) is 3.89. The third-order valence-electron chi connectivity index (χ3n) is 4.37. The van der Waals surface area contributed by atoms with Gasteiger partial charge in [-0.1, -0.05) is 18.2 Å². The maximum absolute atomic E-state index is 11.9. The van der Waals surface area contributed by atoms with Crippen LogP contribution in [0.1, 0.15) is 31.2 Å². The molecule has 1 aromatic carbocycles. The van der Waals surface area contributed by atoms with Crippen LogP contribution in [0.3, 0.4) is 0 Å². The number of hydrogen-bond donors (Lipinski definition) is 2. The Balaban J connectivity index is 1.40. The summed E-state index contributed by atoms with van der Waals surface area (Å²) in [7, 11) is 0. The first kappa shape index (κ1) is 15.1. The van der Waals surface area contributed by atoms with Crippen LogP contribution in [0.2, 0.25) is 0 Å². The molecular formula is C18H24N2O2. The molecule has 4 nitrogen and oxygen atoms in total. The van der Waals surface area contributed by atoms with Gasteiger partial charge in [0.25, 0.3) is 0 Å². The van der Waals surface area contributed by atoms with Gasteiger partial charge in [0.1, 0.15) is 0 Å². The second-order valence-corrected chi connectivity index (χ2v) is 6.10. The molecule has 1 aliphatic heterocycles. The van der Waals surface area contributed by atoms with Crippen LogP contribution in [-0.2, 0) is 16.0 Å². The number of carbonyl (C=O) groups excluding carboxylic acids is 1. The molecule has 1 fully saturated rings. The van der Waals surface area contributed by atoms with E-state index in [0.717, 1.165) is 45.4 Å². The molecule has 3 rings (SSSR count). The maximum Gasteiger partial charge on any atom is 0.220 e. The molecule has 0 radical (unpaired) electrons. The Morgan fingerprint density at radius 3 is 3.14 bits per heavy atom. The number of fused-ring (bicyclic) bond motifs is 1. The third-order valence-corrected chi connectivity index (χ3v) is 4.37. The molecule has 0 bridgehead atoms. The number of H-pyrrole nitrogens is 1. The number of benzene rings is 1. The number of hydrogen-bond acceptors (Lipinski definition) is 2. The van der Waals surface area contributed by atoms with E-state index in [4.69, 9.17) is 4.74 Å². The first-order chi connectivity index (χ1) is 10.8. The molecule has 4 heteroatoms. The molecule has 1 atom stereocenters. The van der Waals surface area contributed by atoms with Crippen molar-refractivity contribution in [3.63, 3.8) is 0 Å². The van der Waals surface area contributed by atoms with Gasteiger partial charge in [0, 0.05) is 36.7 Å². The summed E-state index contributed by atoms with van der Waals surface area (Å²) in [5, 5.41) is 4.31. The van der Waals surface area contributed by atoms with E-state index in [9.17, 15) is 4.79 Å². The molecule has 1 saturated heterocycles. The average molecular weight is 300 g/mol. The highest BCUT2D eigenvalue weighted by atomic mass is 16.5. The number of para-hydroxylation sites is 1. The summed E-state index contributed by atoms with van der Waals surface area (Å²) in [4.78, 5) is 15.2.